The first-order chi connectivity index (χ1) is 10.1. The van der Waals surface area contributed by atoms with Crippen LogP contribution in [0, 0.1) is 13.8 Å². The second-order valence-corrected chi connectivity index (χ2v) is 7.08. The lowest BCUT2D eigenvalue weighted by Crippen LogP contribution is -2.32. The summed E-state index contributed by atoms with van der Waals surface area (Å²) in [6.45, 7) is 6.95. The quantitative estimate of drug-likeness (QED) is 0.906. The molecule has 0 saturated heterocycles. The van der Waals surface area contributed by atoms with Crippen LogP contribution in [0.4, 0.5) is 5.69 Å². The lowest BCUT2D eigenvalue weighted by molar-refractivity contribution is -0.122. The molecule has 110 valence electrons. The van der Waals surface area contributed by atoms with E-state index in [9.17, 15) is 4.79 Å². The number of carbonyl (C=O) groups excluding carboxylic acids is 1. The Kier molecular flexibility index (Phi) is 3.72. The molecule has 2 aromatic rings. The molecule has 2 N–H and O–H groups in total. The van der Waals surface area contributed by atoms with Crippen LogP contribution < -0.4 is 10.6 Å². The molecule has 1 amide bonds. The van der Waals surface area contributed by atoms with E-state index in [1.54, 1.807) is 11.3 Å². The van der Waals surface area contributed by atoms with Crippen LogP contribution in [0.1, 0.15) is 39.8 Å². The molecule has 0 radical (unpaired) electrons. The Labute approximate surface area is 129 Å². The zero-order chi connectivity index (χ0) is 15.0. The maximum atomic E-state index is 12.6. The number of aryl methyl sites for hydroxylation is 2. The number of amides is 1. The summed E-state index contributed by atoms with van der Waals surface area (Å²) in [5.74, 6) is 0.00638. The average Bonchev–Trinajstić information content (AvgIpc) is 3.01. The van der Waals surface area contributed by atoms with Crippen LogP contribution in [0.15, 0.2) is 30.3 Å². The fraction of sp³-hybridized carbons (Fsp3) is 0.353. The molecule has 0 spiro atoms. The van der Waals surface area contributed by atoms with Crippen molar-refractivity contribution < 1.29 is 4.79 Å². The first-order valence-electron chi connectivity index (χ1n) is 7.26. The highest BCUT2D eigenvalue weighted by Crippen LogP contribution is 2.32. The predicted octanol–water partition coefficient (Wildman–Crippen LogP) is 3.75. The Balaban J connectivity index is 1.74. The van der Waals surface area contributed by atoms with E-state index >= 15 is 0 Å². The zero-order valence-corrected chi connectivity index (χ0v) is 13.4. The molecule has 1 aliphatic rings. The second kappa shape index (κ2) is 5.53. The van der Waals surface area contributed by atoms with Gasteiger partial charge in [0.25, 0.3) is 0 Å². The van der Waals surface area contributed by atoms with Gasteiger partial charge in [0, 0.05) is 22.0 Å². The van der Waals surface area contributed by atoms with Gasteiger partial charge in [-0.05, 0) is 44.0 Å². The molecule has 0 bridgehead atoms. The third-order valence-electron chi connectivity index (χ3n) is 4.05. The number of thiophene rings is 1. The summed E-state index contributed by atoms with van der Waals surface area (Å²) in [6.07, 6.45) is 0. The van der Waals surface area contributed by atoms with Crippen LogP contribution in [0.25, 0.3) is 0 Å². The molecule has 2 atom stereocenters. The minimum atomic E-state index is -0.0938. The molecule has 1 aliphatic heterocycles. The van der Waals surface area contributed by atoms with Crippen molar-refractivity contribution >= 4 is 22.9 Å². The van der Waals surface area contributed by atoms with Crippen LogP contribution in [0.2, 0.25) is 0 Å². The van der Waals surface area contributed by atoms with Gasteiger partial charge in [0.2, 0.25) is 5.91 Å². The normalized spacial score (nSPS) is 18.0. The van der Waals surface area contributed by atoms with Gasteiger partial charge in [-0.25, -0.2) is 0 Å². The first kappa shape index (κ1) is 14.1. The SMILES string of the molecule is Cc1cc(C(C)NC(=O)C2CNc3ccccc32)c(C)s1. The molecular weight excluding hydrogens is 280 g/mol. The Morgan fingerprint density at radius 1 is 1.38 bits per heavy atom. The number of carbonyl (C=O) groups is 1. The lowest BCUT2D eigenvalue weighted by Gasteiger charge is -2.17. The van der Waals surface area contributed by atoms with Gasteiger partial charge in [-0.1, -0.05) is 18.2 Å². The van der Waals surface area contributed by atoms with Gasteiger partial charge >= 0.3 is 0 Å². The van der Waals surface area contributed by atoms with Crippen LogP contribution in [0.3, 0.4) is 0 Å². The topological polar surface area (TPSA) is 41.1 Å². The molecule has 2 heterocycles. The van der Waals surface area contributed by atoms with E-state index in [0.717, 1.165) is 11.3 Å². The summed E-state index contributed by atoms with van der Waals surface area (Å²) in [5.41, 5.74) is 3.40. The molecule has 0 aliphatic carbocycles. The molecule has 3 rings (SSSR count). The Bertz CT molecular complexity index is 677. The summed E-state index contributed by atoms with van der Waals surface area (Å²) >= 11 is 1.78. The fourth-order valence-electron chi connectivity index (χ4n) is 2.99. The summed E-state index contributed by atoms with van der Waals surface area (Å²) in [7, 11) is 0. The Hall–Kier alpha value is -1.81. The second-order valence-electron chi connectivity index (χ2n) is 5.62. The maximum Gasteiger partial charge on any atom is 0.229 e. The van der Waals surface area contributed by atoms with Crippen molar-refractivity contribution in [2.75, 3.05) is 11.9 Å². The minimum Gasteiger partial charge on any atom is -0.384 e. The van der Waals surface area contributed by atoms with Crippen LogP contribution >= 0.6 is 11.3 Å². The summed E-state index contributed by atoms with van der Waals surface area (Å²) in [5, 5.41) is 6.46. The predicted molar refractivity (Wildman–Crippen MR) is 88.0 cm³/mol. The number of hydrogen-bond acceptors (Lipinski definition) is 3. The molecular formula is C17H20N2OS. The maximum absolute atomic E-state index is 12.6. The number of nitrogens with one attached hydrogen (secondary N) is 2. The van der Waals surface area contributed by atoms with Gasteiger partial charge in [0.15, 0.2) is 0 Å². The molecule has 0 saturated carbocycles. The number of fused-ring (bicyclic) bond motifs is 1. The van der Waals surface area contributed by atoms with Gasteiger partial charge < -0.3 is 10.6 Å². The smallest absolute Gasteiger partial charge is 0.229 e. The van der Waals surface area contributed by atoms with Gasteiger partial charge in [0.1, 0.15) is 0 Å². The summed E-state index contributed by atoms with van der Waals surface area (Å²) in [4.78, 5) is 15.1. The molecule has 1 aromatic carbocycles. The van der Waals surface area contributed by atoms with Gasteiger partial charge in [-0.3, -0.25) is 4.79 Å². The Morgan fingerprint density at radius 2 is 2.14 bits per heavy atom. The van der Waals surface area contributed by atoms with Crippen LogP contribution in [-0.4, -0.2) is 12.5 Å². The number of para-hydroxylation sites is 1. The molecule has 1 aromatic heterocycles. The van der Waals surface area contributed by atoms with Crippen molar-refractivity contribution in [3.05, 3.63) is 51.2 Å². The summed E-state index contributed by atoms with van der Waals surface area (Å²) in [6, 6.07) is 10.3. The van der Waals surface area contributed by atoms with Crippen molar-refractivity contribution in [1.82, 2.24) is 5.32 Å². The van der Waals surface area contributed by atoms with Gasteiger partial charge in [-0.15, -0.1) is 11.3 Å². The van der Waals surface area contributed by atoms with Crippen LogP contribution in [-0.2, 0) is 4.79 Å². The third kappa shape index (κ3) is 2.68. The van der Waals surface area contributed by atoms with E-state index in [4.69, 9.17) is 0 Å². The van der Waals surface area contributed by atoms with E-state index in [0.29, 0.717) is 6.54 Å². The van der Waals surface area contributed by atoms with E-state index in [-0.39, 0.29) is 17.9 Å². The van der Waals surface area contributed by atoms with Crippen molar-refractivity contribution in [2.45, 2.75) is 32.7 Å². The van der Waals surface area contributed by atoms with Crippen LogP contribution in [0.5, 0.6) is 0 Å². The minimum absolute atomic E-state index is 0.0511. The number of anilines is 1. The standard InChI is InChI=1S/C17H20N2OS/c1-10-8-14(12(3)21-10)11(2)19-17(20)15-9-18-16-7-5-4-6-13(15)16/h4-8,11,15,18H,9H2,1-3H3,(H,19,20). The van der Waals surface area contributed by atoms with Crippen molar-refractivity contribution in [1.29, 1.82) is 0 Å². The lowest BCUT2D eigenvalue weighted by atomic mass is 9.99. The number of benzene rings is 1. The summed E-state index contributed by atoms with van der Waals surface area (Å²) < 4.78 is 0. The Morgan fingerprint density at radius 3 is 2.86 bits per heavy atom. The molecule has 21 heavy (non-hydrogen) atoms. The first-order valence-corrected chi connectivity index (χ1v) is 8.08. The number of hydrogen-bond donors (Lipinski definition) is 2. The van der Waals surface area contributed by atoms with Crippen molar-refractivity contribution in [3.63, 3.8) is 0 Å². The molecule has 2 unspecified atom stereocenters. The highest BCUT2D eigenvalue weighted by Gasteiger charge is 2.29. The third-order valence-corrected chi connectivity index (χ3v) is 5.04. The fourth-order valence-corrected chi connectivity index (χ4v) is 4.01. The molecule has 4 heteroatoms. The monoisotopic (exact) mass is 300 g/mol. The van der Waals surface area contributed by atoms with E-state index in [2.05, 4.69) is 37.5 Å². The highest BCUT2D eigenvalue weighted by atomic mass is 32.1. The van der Waals surface area contributed by atoms with E-state index in [1.165, 1.54) is 15.3 Å². The van der Waals surface area contributed by atoms with Crippen molar-refractivity contribution in [3.8, 4) is 0 Å². The molecule has 0 fully saturated rings. The zero-order valence-electron chi connectivity index (χ0n) is 12.6. The number of rotatable bonds is 3. The highest BCUT2D eigenvalue weighted by molar-refractivity contribution is 7.12. The average molecular weight is 300 g/mol. The van der Waals surface area contributed by atoms with Gasteiger partial charge in [0.05, 0.1) is 12.0 Å². The largest absolute Gasteiger partial charge is 0.384 e. The molecule has 3 nitrogen and oxygen atoms in total. The van der Waals surface area contributed by atoms with Crippen molar-refractivity contribution in [2.24, 2.45) is 0 Å². The van der Waals surface area contributed by atoms with E-state index < -0.39 is 0 Å². The van der Waals surface area contributed by atoms with Gasteiger partial charge in [-0.2, -0.15) is 0 Å². The van der Waals surface area contributed by atoms with E-state index in [1.807, 2.05) is 24.3 Å².